The molecule has 0 saturated carbocycles. The smallest absolute Gasteiger partial charge is 0.0493 e. The lowest BCUT2D eigenvalue weighted by molar-refractivity contribution is 0.265. The fourth-order valence-corrected chi connectivity index (χ4v) is 1.95. The number of hydrogen-bond acceptors (Lipinski definition) is 2. The molecule has 0 spiro atoms. The summed E-state index contributed by atoms with van der Waals surface area (Å²) in [5, 5.41) is 0. The van der Waals surface area contributed by atoms with Crippen LogP contribution in [-0.2, 0) is 0 Å². The zero-order chi connectivity index (χ0) is 10.7. The molecule has 2 N–H and O–H groups in total. The van der Waals surface area contributed by atoms with Crippen LogP contribution in [0, 0.1) is 6.92 Å². The molecule has 2 atom stereocenters. The molecule has 2 heteroatoms. The molecule has 0 radical (unpaired) electrons. The van der Waals surface area contributed by atoms with E-state index in [1.54, 1.807) is 0 Å². The second kappa shape index (κ2) is 4.58. The van der Waals surface area contributed by atoms with Crippen molar-refractivity contribution in [2.24, 2.45) is 5.73 Å². The molecule has 0 heterocycles. The second-order valence-electron chi connectivity index (χ2n) is 4.12. The first-order valence-corrected chi connectivity index (χ1v) is 5.01. The number of rotatable bonds is 3. The number of hydrogen-bond donors (Lipinski definition) is 1. The van der Waals surface area contributed by atoms with Gasteiger partial charge in [0.25, 0.3) is 0 Å². The molecule has 2 unspecified atom stereocenters. The Morgan fingerprint density at radius 2 is 1.79 bits per heavy atom. The summed E-state index contributed by atoms with van der Waals surface area (Å²) in [6.45, 7) is 4.19. The maximum absolute atomic E-state index is 6.00. The normalized spacial score (nSPS) is 15.6. The van der Waals surface area contributed by atoms with Crippen LogP contribution in [0.2, 0.25) is 0 Å². The Kier molecular flexibility index (Phi) is 3.67. The largest absolute Gasteiger partial charge is 0.326 e. The van der Waals surface area contributed by atoms with E-state index in [-0.39, 0.29) is 6.04 Å². The van der Waals surface area contributed by atoms with Gasteiger partial charge in [0.1, 0.15) is 0 Å². The quantitative estimate of drug-likeness (QED) is 0.793. The van der Waals surface area contributed by atoms with Crippen LogP contribution in [-0.4, -0.2) is 25.0 Å². The first-order valence-electron chi connectivity index (χ1n) is 5.01. The molecule has 14 heavy (non-hydrogen) atoms. The van der Waals surface area contributed by atoms with E-state index in [1.165, 1.54) is 11.1 Å². The van der Waals surface area contributed by atoms with Crippen molar-refractivity contribution in [2.75, 3.05) is 14.1 Å². The molecule has 0 bridgehead atoms. The zero-order valence-corrected chi connectivity index (χ0v) is 9.49. The highest BCUT2D eigenvalue weighted by Gasteiger charge is 2.19. The minimum Gasteiger partial charge on any atom is -0.326 e. The topological polar surface area (TPSA) is 29.3 Å². The SMILES string of the molecule is Cc1ccccc1C(C(C)N)N(C)C. The van der Waals surface area contributed by atoms with Gasteiger partial charge in [0, 0.05) is 12.1 Å². The Hall–Kier alpha value is -0.860. The van der Waals surface area contributed by atoms with Gasteiger partial charge < -0.3 is 10.6 Å². The van der Waals surface area contributed by atoms with Gasteiger partial charge in [-0.15, -0.1) is 0 Å². The van der Waals surface area contributed by atoms with Crippen molar-refractivity contribution < 1.29 is 0 Å². The molecule has 0 amide bonds. The van der Waals surface area contributed by atoms with Gasteiger partial charge in [-0.25, -0.2) is 0 Å². The van der Waals surface area contributed by atoms with Crippen LogP contribution >= 0.6 is 0 Å². The standard InChI is InChI=1S/C12H20N2/c1-9-7-5-6-8-11(9)12(10(2)13)14(3)4/h5-8,10,12H,13H2,1-4H3. The summed E-state index contributed by atoms with van der Waals surface area (Å²) in [6, 6.07) is 8.87. The highest BCUT2D eigenvalue weighted by atomic mass is 15.1. The molecule has 0 aliphatic heterocycles. The summed E-state index contributed by atoms with van der Waals surface area (Å²) < 4.78 is 0. The lowest BCUT2D eigenvalue weighted by Crippen LogP contribution is -2.35. The summed E-state index contributed by atoms with van der Waals surface area (Å²) >= 11 is 0. The third kappa shape index (κ3) is 2.34. The maximum Gasteiger partial charge on any atom is 0.0493 e. The molecule has 1 rings (SSSR count). The number of nitrogens with two attached hydrogens (primary N) is 1. The van der Waals surface area contributed by atoms with Crippen LogP contribution in [0.15, 0.2) is 24.3 Å². The van der Waals surface area contributed by atoms with Gasteiger partial charge in [0.05, 0.1) is 0 Å². The van der Waals surface area contributed by atoms with Crippen molar-refractivity contribution in [1.82, 2.24) is 4.90 Å². The number of benzene rings is 1. The van der Waals surface area contributed by atoms with Crippen LogP contribution in [0.25, 0.3) is 0 Å². The van der Waals surface area contributed by atoms with Gasteiger partial charge in [0.2, 0.25) is 0 Å². The first-order chi connectivity index (χ1) is 6.54. The molecule has 78 valence electrons. The first kappa shape index (κ1) is 11.2. The zero-order valence-electron chi connectivity index (χ0n) is 9.49. The molecule has 0 aliphatic carbocycles. The molecule has 2 nitrogen and oxygen atoms in total. The molecule has 0 fully saturated rings. The van der Waals surface area contributed by atoms with E-state index in [9.17, 15) is 0 Å². The van der Waals surface area contributed by atoms with Crippen LogP contribution in [0.4, 0.5) is 0 Å². The molecule has 0 saturated heterocycles. The fourth-order valence-electron chi connectivity index (χ4n) is 1.95. The van der Waals surface area contributed by atoms with E-state index in [4.69, 9.17) is 5.73 Å². The van der Waals surface area contributed by atoms with Gasteiger partial charge in [-0.3, -0.25) is 0 Å². The summed E-state index contributed by atoms with van der Waals surface area (Å²) in [4.78, 5) is 2.17. The van der Waals surface area contributed by atoms with Crippen LogP contribution < -0.4 is 5.73 Å². The Morgan fingerprint density at radius 3 is 2.21 bits per heavy atom. The predicted octanol–water partition coefficient (Wildman–Crippen LogP) is 1.94. The average molecular weight is 192 g/mol. The minimum atomic E-state index is 0.145. The van der Waals surface area contributed by atoms with Crippen LogP contribution in [0.5, 0.6) is 0 Å². The lowest BCUT2D eigenvalue weighted by Gasteiger charge is -2.29. The van der Waals surface area contributed by atoms with Gasteiger partial charge in [-0.2, -0.15) is 0 Å². The van der Waals surface area contributed by atoms with E-state index in [0.29, 0.717) is 6.04 Å². The monoisotopic (exact) mass is 192 g/mol. The van der Waals surface area contributed by atoms with Gasteiger partial charge in [-0.05, 0) is 39.1 Å². The number of aryl methyl sites for hydroxylation is 1. The second-order valence-corrected chi connectivity index (χ2v) is 4.12. The third-order valence-corrected chi connectivity index (χ3v) is 2.56. The minimum absolute atomic E-state index is 0.145. The van der Waals surface area contributed by atoms with Crippen molar-refractivity contribution in [3.63, 3.8) is 0 Å². The third-order valence-electron chi connectivity index (χ3n) is 2.56. The van der Waals surface area contributed by atoms with E-state index in [1.807, 2.05) is 0 Å². The highest BCUT2D eigenvalue weighted by molar-refractivity contribution is 5.29. The average Bonchev–Trinajstić information content (AvgIpc) is 2.07. The van der Waals surface area contributed by atoms with E-state index >= 15 is 0 Å². The molecular weight excluding hydrogens is 172 g/mol. The van der Waals surface area contributed by atoms with Gasteiger partial charge in [-0.1, -0.05) is 24.3 Å². The van der Waals surface area contributed by atoms with Crippen LogP contribution in [0.1, 0.15) is 24.1 Å². The summed E-state index contributed by atoms with van der Waals surface area (Å²) in [7, 11) is 4.14. The van der Waals surface area contributed by atoms with Crippen LogP contribution in [0.3, 0.4) is 0 Å². The van der Waals surface area contributed by atoms with Crippen molar-refractivity contribution in [1.29, 1.82) is 0 Å². The van der Waals surface area contributed by atoms with Crippen molar-refractivity contribution in [2.45, 2.75) is 25.9 Å². The fraction of sp³-hybridized carbons (Fsp3) is 0.500. The molecule has 0 aliphatic rings. The Morgan fingerprint density at radius 1 is 1.21 bits per heavy atom. The Labute approximate surface area is 86.7 Å². The summed E-state index contributed by atoms with van der Waals surface area (Å²) in [5.41, 5.74) is 8.63. The molecule has 0 aromatic heterocycles. The lowest BCUT2D eigenvalue weighted by atomic mass is 9.96. The van der Waals surface area contributed by atoms with Crippen molar-refractivity contribution in [3.05, 3.63) is 35.4 Å². The highest BCUT2D eigenvalue weighted by Crippen LogP contribution is 2.23. The van der Waals surface area contributed by atoms with Crippen molar-refractivity contribution >= 4 is 0 Å². The Balaban J connectivity index is 3.05. The molecule has 1 aromatic carbocycles. The number of likely N-dealkylation sites (N-methyl/N-ethyl adjacent to an activating group) is 1. The summed E-state index contributed by atoms with van der Waals surface area (Å²) in [5.74, 6) is 0. The van der Waals surface area contributed by atoms with E-state index < -0.39 is 0 Å². The number of nitrogens with zero attached hydrogens (tertiary/aromatic N) is 1. The predicted molar refractivity (Wildman–Crippen MR) is 61.3 cm³/mol. The molecular formula is C12H20N2. The Bertz CT molecular complexity index is 284. The van der Waals surface area contributed by atoms with Crippen molar-refractivity contribution in [3.8, 4) is 0 Å². The van der Waals surface area contributed by atoms with Gasteiger partial charge >= 0.3 is 0 Å². The van der Waals surface area contributed by atoms with E-state index in [2.05, 4.69) is 57.1 Å². The summed E-state index contributed by atoms with van der Waals surface area (Å²) in [6.07, 6.45) is 0. The molecule has 1 aromatic rings. The maximum atomic E-state index is 6.00. The van der Waals surface area contributed by atoms with Gasteiger partial charge in [0.15, 0.2) is 0 Å². The van der Waals surface area contributed by atoms with E-state index in [0.717, 1.165) is 0 Å².